The summed E-state index contributed by atoms with van der Waals surface area (Å²) >= 11 is 0. The number of fused-ring (bicyclic) bond motifs is 5. The Balaban J connectivity index is 1.32. The molecule has 0 aliphatic heterocycles. The third-order valence-corrected chi connectivity index (χ3v) is 12.1. The minimum absolute atomic E-state index is 0.318. The van der Waals surface area contributed by atoms with Gasteiger partial charge in [0, 0.05) is 5.41 Å². The maximum Gasteiger partial charge on any atom is 0.00719 e. The van der Waals surface area contributed by atoms with Gasteiger partial charge >= 0.3 is 0 Å². The van der Waals surface area contributed by atoms with Gasteiger partial charge in [0.25, 0.3) is 0 Å². The van der Waals surface area contributed by atoms with Crippen LogP contribution in [-0.4, -0.2) is 0 Å². The molecule has 0 bridgehead atoms. The van der Waals surface area contributed by atoms with E-state index in [1.807, 2.05) is 5.57 Å². The summed E-state index contributed by atoms with van der Waals surface area (Å²) < 4.78 is 0. The minimum atomic E-state index is 0.318. The zero-order valence-electron chi connectivity index (χ0n) is 22.8. The second-order valence-corrected chi connectivity index (χ2v) is 14.3. The van der Waals surface area contributed by atoms with Crippen molar-refractivity contribution in [2.24, 2.45) is 51.8 Å². The first kappa shape index (κ1) is 23.9. The largest absolute Gasteiger partial charge is 0.0804 e. The van der Waals surface area contributed by atoms with Crippen LogP contribution in [0.4, 0.5) is 0 Å². The molecule has 3 fully saturated rings. The van der Waals surface area contributed by atoms with Gasteiger partial charge in [-0.3, -0.25) is 0 Å². The van der Waals surface area contributed by atoms with Gasteiger partial charge in [-0.05, 0) is 104 Å². The van der Waals surface area contributed by atoms with Crippen molar-refractivity contribution >= 4 is 0 Å². The van der Waals surface area contributed by atoms with E-state index in [2.05, 4.69) is 65.8 Å². The lowest BCUT2D eigenvalue weighted by Gasteiger charge is -2.60. The van der Waals surface area contributed by atoms with Crippen molar-refractivity contribution in [3.05, 3.63) is 35.5 Å². The number of rotatable bonds is 6. The quantitative estimate of drug-likeness (QED) is 0.355. The molecule has 0 N–H and O–H groups in total. The smallest absolute Gasteiger partial charge is 0.00719 e. The summed E-state index contributed by atoms with van der Waals surface area (Å²) in [6, 6.07) is 0. The first-order valence-electron chi connectivity index (χ1n) is 14.8. The highest BCUT2D eigenvalue weighted by atomic mass is 14.6. The molecular weight excluding hydrogens is 396 g/mol. The van der Waals surface area contributed by atoms with Crippen molar-refractivity contribution in [3.8, 4) is 0 Å². The fraction of sp³-hybridized carbons (Fsp3) is 0.818. The monoisotopic (exact) mass is 448 g/mol. The molecule has 0 unspecified atom stereocenters. The second kappa shape index (κ2) is 8.71. The van der Waals surface area contributed by atoms with Gasteiger partial charge in [0.1, 0.15) is 0 Å². The van der Waals surface area contributed by atoms with Gasteiger partial charge in [0.05, 0.1) is 0 Å². The Kier molecular flexibility index (Phi) is 6.32. The van der Waals surface area contributed by atoms with Crippen LogP contribution in [0.2, 0.25) is 0 Å². The maximum absolute atomic E-state index is 2.79. The van der Waals surface area contributed by atoms with E-state index in [1.165, 1.54) is 77.0 Å². The van der Waals surface area contributed by atoms with Crippen LogP contribution in [0.1, 0.15) is 119 Å². The Morgan fingerprint density at radius 3 is 2.42 bits per heavy atom. The van der Waals surface area contributed by atoms with Crippen molar-refractivity contribution in [2.75, 3.05) is 0 Å². The van der Waals surface area contributed by atoms with Gasteiger partial charge in [-0.15, -0.1) is 0 Å². The molecule has 0 spiro atoms. The molecule has 0 aromatic carbocycles. The summed E-state index contributed by atoms with van der Waals surface area (Å²) in [6.07, 6.45) is 27.1. The topological polar surface area (TPSA) is 0 Å². The van der Waals surface area contributed by atoms with Crippen LogP contribution >= 0.6 is 0 Å². The van der Waals surface area contributed by atoms with Gasteiger partial charge in [0.15, 0.2) is 0 Å². The van der Waals surface area contributed by atoms with E-state index in [9.17, 15) is 0 Å². The van der Waals surface area contributed by atoms with Gasteiger partial charge in [-0.2, -0.15) is 0 Å². The highest BCUT2D eigenvalue weighted by molar-refractivity contribution is 5.37. The Bertz CT molecular complexity index is 825. The molecule has 0 aromatic rings. The maximum atomic E-state index is 2.79. The molecule has 0 nitrogen and oxygen atoms in total. The lowest BCUT2D eigenvalue weighted by Crippen LogP contribution is -2.51. The zero-order valence-corrected chi connectivity index (χ0v) is 22.8. The first-order chi connectivity index (χ1) is 15.7. The Labute approximate surface area is 205 Å². The minimum Gasteiger partial charge on any atom is -0.0804 e. The average molecular weight is 449 g/mol. The van der Waals surface area contributed by atoms with Gasteiger partial charge < -0.3 is 0 Å². The van der Waals surface area contributed by atoms with Gasteiger partial charge in [-0.1, -0.05) is 96.3 Å². The van der Waals surface area contributed by atoms with Crippen LogP contribution < -0.4 is 0 Å². The summed E-state index contributed by atoms with van der Waals surface area (Å²) in [6.45, 7) is 15.4. The van der Waals surface area contributed by atoms with E-state index in [0.29, 0.717) is 16.2 Å². The summed E-state index contributed by atoms with van der Waals surface area (Å²) in [7, 11) is 0. The molecule has 5 aliphatic rings. The predicted octanol–water partition coefficient (Wildman–Crippen LogP) is 9.92. The zero-order chi connectivity index (χ0) is 23.4. The van der Waals surface area contributed by atoms with E-state index in [4.69, 9.17) is 0 Å². The van der Waals surface area contributed by atoms with Crippen molar-refractivity contribution in [1.82, 2.24) is 0 Å². The van der Waals surface area contributed by atoms with E-state index in [0.717, 1.165) is 35.5 Å². The van der Waals surface area contributed by atoms with Gasteiger partial charge in [0.2, 0.25) is 0 Å². The van der Waals surface area contributed by atoms with E-state index in [1.54, 1.807) is 5.57 Å². The van der Waals surface area contributed by atoms with Crippen LogP contribution in [0.15, 0.2) is 35.5 Å². The molecular formula is C33H52. The van der Waals surface area contributed by atoms with Gasteiger partial charge in [-0.25, -0.2) is 0 Å². The van der Waals surface area contributed by atoms with Crippen molar-refractivity contribution in [3.63, 3.8) is 0 Å². The summed E-state index contributed by atoms with van der Waals surface area (Å²) in [5.41, 5.74) is 4.95. The van der Waals surface area contributed by atoms with Crippen molar-refractivity contribution in [2.45, 2.75) is 119 Å². The highest BCUT2D eigenvalue weighted by Crippen LogP contribution is 2.68. The fourth-order valence-electron chi connectivity index (χ4n) is 10.0. The molecule has 3 saturated carbocycles. The molecule has 184 valence electrons. The molecule has 5 aliphatic carbocycles. The molecule has 8 atom stereocenters. The molecule has 0 saturated heterocycles. The molecule has 5 rings (SSSR count). The molecule has 0 heterocycles. The Hall–Kier alpha value is -0.780. The van der Waals surface area contributed by atoms with Crippen molar-refractivity contribution < 1.29 is 0 Å². The summed E-state index contributed by atoms with van der Waals surface area (Å²) in [4.78, 5) is 0. The number of allylic oxidation sites excluding steroid dienone is 6. The van der Waals surface area contributed by atoms with E-state index >= 15 is 0 Å². The lowest BCUT2D eigenvalue weighted by atomic mass is 9.45. The van der Waals surface area contributed by atoms with Crippen LogP contribution in [0.3, 0.4) is 0 Å². The standard InChI is InChI=1S/C33H52/c1-23(2)10-9-11-24(3)28-16-17-29-27-15-14-26-22-31(4,25-12-7-8-13-25)20-21-32(26,5)30(27)18-19-33(28,29)6/h7-8,12,22-24,27-30H,9-11,13-21H2,1-6H3/t24-,27+,28-,29+,30+,31-,32+,33-/m1/s1. The van der Waals surface area contributed by atoms with Crippen LogP contribution in [-0.2, 0) is 0 Å². The third kappa shape index (κ3) is 3.94. The molecule has 0 heteroatoms. The summed E-state index contributed by atoms with van der Waals surface area (Å²) in [5, 5.41) is 0. The number of hydrogen-bond acceptors (Lipinski definition) is 0. The molecule has 33 heavy (non-hydrogen) atoms. The summed E-state index contributed by atoms with van der Waals surface area (Å²) in [5.74, 6) is 5.72. The lowest BCUT2D eigenvalue weighted by molar-refractivity contribution is -0.0619. The first-order valence-corrected chi connectivity index (χ1v) is 14.8. The van der Waals surface area contributed by atoms with Crippen LogP contribution in [0.5, 0.6) is 0 Å². The predicted molar refractivity (Wildman–Crippen MR) is 143 cm³/mol. The molecule has 0 radical (unpaired) electrons. The fourth-order valence-corrected chi connectivity index (χ4v) is 10.0. The van der Waals surface area contributed by atoms with Crippen LogP contribution in [0.25, 0.3) is 0 Å². The SMILES string of the molecule is CC(C)CCC[C@@H](C)[C@H]1CC[C@H]2[C@@H]3CCC4=C[C@](C)(C5=CC=CC5)CC[C@]4(C)[C@H]3CC[C@]12C. The highest BCUT2D eigenvalue weighted by Gasteiger charge is 2.59. The number of hydrogen-bond donors (Lipinski definition) is 0. The Morgan fingerprint density at radius 1 is 0.879 bits per heavy atom. The average Bonchev–Trinajstić information content (AvgIpc) is 3.42. The third-order valence-electron chi connectivity index (χ3n) is 12.1. The van der Waals surface area contributed by atoms with Crippen LogP contribution in [0, 0.1) is 51.8 Å². The van der Waals surface area contributed by atoms with E-state index in [-0.39, 0.29) is 0 Å². The normalized spacial score (nSPS) is 45.3. The molecule has 0 aromatic heterocycles. The second-order valence-electron chi connectivity index (χ2n) is 14.3. The molecule has 0 amide bonds. The van der Waals surface area contributed by atoms with E-state index < -0.39 is 0 Å². The van der Waals surface area contributed by atoms with Crippen molar-refractivity contribution in [1.29, 1.82) is 0 Å². The Morgan fingerprint density at radius 2 is 1.70 bits per heavy atom.